The molecule has 0 saturated carbocycles. The number of alkyl carbamates (subject to hydrolysis) is 1. The molecule has 0 aliphatic carbocycles. The molecule has 0 bridgehead atoms. The van der Waals surface area contributed by atoms with Gasteiger partial charge in [0, 0.05) is 0 Å². The van der Waals surface area contributed by atoms with Gasteiger partial charge in [0.15, 0.2) is 23.6 Å². The number of ether oxygens (including phenoxy) is 4. The van der Waals surface area contributed by atoms with Crippen LogP contribution in [0.25, 0.3) is 0 Å². The predicted octanol–water partition coefficient (Wildman–Crippen LogP) is 5.74. The number of rotatable bonds is 10. The molecule has 1 aliphatic heterocycles. The number of cyclic esters (lactones) is 1. The van der Waals surface area contributed by atoms with Crippen molar-refractivity contribution >= 4 is 12.1 Å². The maximum absolute atomic E-state index is 12.9. The van der Waals surface area contributed by atoms with E-state index in [9.17, 15) is 9.59 Å². The Morgan fingerprint density at radius 2 is 1.21 bits per heavy atom. The summed E-state index contributed by atoms with van der Waals surface area (Å²) in [4.78, 5) is 25.0. The summed E-state index contributed by atoms with van der Waals surface area (Å²) in [6, 6.07) is 33.2. The molecule has 0 radical (unpaired) electrons. The maximum atomic E-state index is 12.9. The van der Waals surface area contributed by atoms with E-state index in [0.717, 1.165) is 16.7 Å². The molecule has 0 unspecified atom stereocenters. The third-order valence-corrected chi connectivity index (χ3v) is 6.06. The van der Waals surface area contributed by atoms with Gasteiger partial charge in [0.25, 0.3) is 0 Å². The van der Waals surface area contributed by atoms with Crippen molar-refractivity contribution in [1.29, 1.82) is 0 Å². The molecular formula is C31H27NO6. The number of carbonyl (C=O) groups excluding carboxylic acids is 2. The molecule has 4 aromatic carbocycles. The highest BCUT2D eigenvalue weighted by Crippen LogP contribution is 2.36. The SMILES string of the molecule is O=C1N[C@H](C(=O)OCc2ccccc2)[C@@H](c2ccc(OCc3ccccc3)c(OCc3ccccc3)c2)O1. The molecule has 1 fully saturated rings. The molecule has 38 heavy (non-hydrogen) atoms. The fourth-order valence-electron chi connectivity index (χ4n) is 4.09. The van der Waals surface area contributed by atoms with Gasteiger partial charge in [0.2, 0.25) is 0 Å². The van der Waals surface area contributed by atoms with E-state index in [1.54, 1.807) is 18.2 Å². The first kappa shape index (κ1) is 24.9. The summed E-state index contributed by atoms with van der Waals surface area (Å²) in [5, 5.41) is 2.57. The van der Waals surface area contributed by atoms with E-state index in [2.05, 4.69) is 5.32 Å². The van der Waals surface area contributed by atoms with Gasteiger partial charge in [0.05, 0.1) is 0 Å². The van der Waals surface area contributed by atoms with Gasteiger partial charge in [-0.1, -0.05) is 97.1 Å². The lowest BCUT2D eigenvalue weighted by atomic mass is 10.0. The van der Waals surface area contributed by atoms with E-state index in [4.69, 9.17) is 18.9 Å². The minimum atomic E-state index is -0.996. The highest BCUT2D eigenvalue weighted by atomic mass is 16.6. The molecule has 1 aliphatic rings. The molecule has 0 spiro atoms. The second-order valence-electron chi connectivity index (χ2n) is 8.80. The van der Waals surface area contributed by atoms with Gasteiger partial charge >= 0.3 is 12.1 Å². The average molecular weight is 510 g/mol. The Labute approximate surface area is 220 Å². The van der Waals surface area contributed by atoms with Crippen LogP contribution in [0.3, 0.4) is 0 Å². The third-order valence-electron chi connectivity index (χ3n) is 6.06. The summed E-state index contributed by atoms with van der Waals surface area (Å²) in [6.45, 7) is 0.768. The number of carbonyl (C=O) groups is 2. The van der Waals surface area contributed by atoms with Gasteiger partial charge in [-0.2, -0.15) is 0 Å². The predicted molar refractivity (Wildman–Crippen MR) is 140 cm³/mol. The van der Waals surface area contributed by atoms with Gasteiger partial charge in [-0.15, -0.1) is 0 Å². The number of amides is 1. The van der Waals surface area contributed by atoms with Crippen LogP contribution >= 0.6 is 0 Å². The van der Waals surface area contributed by atoms with Crippen LogP contribution in [0.2, 0.25) is 0 Å². The van der Waals surface area contributed by atoms with Crippen molar-refractivity contribution in [3.8, 4) is 11.5 Å². The molecule has 7 nitrogen and oxygen atoms in total. The molecule has 7 heteroatoms. The van der Waals surface area contributed by atoms with Crippen LogP contribution in [0, 0.1) is 0 Å². The summed E-state index contributed by atoms with van der Waals surface area (Å²) in [5.74, 6) is 0.427. The smallest absolute Gasteiger partial charge is 0.408 e. The van der Waals surface area contributed by atoms with Crippen molar-refractivity contribution in [2.75, 3.05) is 0 Å². The molecular weight excluding hydrogens is 482 g/mol. The number of esters is 1. The summed E-state index contributed by atoms with van der Waals surface area (Å²) in [5.41, 5.74) is 3.43. The Kier molecular flexibility index (Phi) is 7.84. The van der Waals surface area contributed by atoms with Gasteiger partial charge in [-0.25, -0.2) is 9.59 Å². The highest BCUT2D eigenvalue weighted by Gasteiger charge is 2.41. The molecule has 2 atom stereocenters. The standard InChI is InChI=1S/C31H27NO6/c33-30(37-21-24-14-8-3-9-15-24)28-29(38-31(34)32-28)25-16-17-26(35-19-22-10-4-1-5-11-22)27(18-25)36-20-23-12-6-2-7-13-23/h1-18,28-29H,19-21H2,(H,32,34)/t28-,29+/m0/s1. The topological polar surface area (TPSA) is 83.1 Å². The molecule has 1 heterocycles. The molecule has 4 aromatic rings. The highest BCUT2D eigenvalue weighted by molar-refractivity contribution is 5.85. The van der Waals surface area contributed by atoms with Crippen LogP contribution in [0.15, 0.2) is 109 Å². The number of hydrogen-bond acceptors (Lipinski definition) is 6. The molecule has 5 rings (SSSR count). The lowest BCUT2D eigenvalue weighted by Crippen LogP contribution is -2.37. The van der Waals surface area contributed by atoms with E-state index in [-0.39, 0.29) is 6.61 Å². The minimum absolute atomic E-state index is 0.0937. The first-order valence-corrected chi connectivity index (χ1v) is 12.3. The maximum Gasteiger partial charge on any atom is 0.408 e. The van der Waals surface area contributed by atoms with Gasteiger partial charge in [-0.05, 0) is 34.4 Å². The molecule has 1 saturated heterocycles. The normalized spacial score (nSPS) is 16.3. The van der Waals surface area contributed by atoms with Crippen LogP contribution in [0.5, 0.6) is 11.5 Å². The van der Waals surface area contributed by atoms with Gasteiger partial charge < -0.3 is 24.3 Å². The van der Waals surface area contributed by atoms with Crippen LogP contribution < -0.4 is 14.8 Å². The number of nitrogens with one attached hydrogen (secondary N) is 1. The van der Waals surface area contributed by atoms with Crippen molar-refractivity contribution in [3.63, 3.8) is 0 Å². The van der Waals surface area contributed by atoms with Crippen LogP contribution in [-0.4, -0.2) is 18.1 Å². The van der Waals surface area contributed by atoms with Gasteiger partial charge in [-0.3, -0.25) is 0 Å². The second-order valence-corrected chi connectivity index (χ2v) is 8.80. The van der Waals surface area contributed by atoms with Crippen molar-refractivity contribution < 1.29 is 28.5 Å². The lowest BCUT2D eigenvalue weighted by molar-refractivity contribution is -0.148. The zero-order valence-electron chi connectivity index (χ0n) is 20.6. The van der Waals surface area contributed by atoms with Crippen LogP contribution in [0.1, 0.15) is 28.4 Å². The molecule has 192 valence electrons. The van der Waals surface area contributed by atoms with Crippen molar-refractivity contribution in [2.45, 2.75) is 32.0 Å². The largest absolute Gasteiger partial charge is 0.485 e. The Bertz CT molecular complexity index is 1360. The monoisotopic (exact) mass is 509 g/mol. The first-order chi connectivity index (χ1) is 18.7. The average Bonchev–Trinajstić information content (AvgIpc) is 3.37. The Morgan fingerprint density at radius 1 is 0.684 bits per heavy atom. The first-order valence-electron chi connectivity index (χ1n) is 12.3. The van der Waals surface area contributed by atoms with E-state index >= 15 is 0 Å². The van der Waals surface area contributed by atoms with Crippen molar-refractivity contribution in [3.05, 3.63) is 131 Å². The zero-order chi connectivity index (χ0) is 26.2. The van der Waals surface area contributed by atoms with E-state index < -0.39 is 24.2 Å². The number of hydrogen-bond donors (Lipinski definition) is 1. The van der Waals surface area contributed by atoms with E-state index in [0.29, 0.717) is 30.3 Å². The summed E-state index contributed by atoms with van der Waals surface area (Å²) in [6.07, 6.45) is -1.57. The summed E-state index contributed by atoms with van der Waals surface area (Å²) in [7, 11) is 0. The second kappa shape index (κ2) is 12.0. The van der Waals surface area contributed by atoms with E-state index in [1.165, 1.54) is 0 Å². The lowest BCUT2D eigenvalue weighted by Gasteiger charge is -2.19. The third kappa shape index (κ3) is 6.31. The van der Waals surface area contributed by atoms with Crippen LogP contribution in [0.4, 0.5) is 4.79 Å². The van der Waals surface area contributed by atoms with Crippen LogP contribution in [-0.2, 0) is 34.1 Å². The zero-order valence-corrected chi connectivity index (χ0v) is 20.6. The molecule has 1 amide bonds. The fraction of sp³-hybridized carbons (Fsp3) is 0.161. The Balaban J connectivity index is 1.35. The van der Waals surface area contributed by atoms with Crippen molar-refractivity contribution in [2.24, 2.45) is 0 Å². The van der Waals surface area contributed by atoms with Crippen molar-refractivity contribution in [1.82, 2.24) is 5.32 Å². The quantitative estimate of drug-likeness (QED) is 0.275. The fourth-order valence-corrected chi connectivity index (χ4v) is 4.09. The Hall–Kier alpha value is -4.78. The number of benzene rings is 4. The molecule has 0 aromatic heterocycles. The Morgan fingerprint density at radius 3 is 1.79 bits per heavy atom. The summed E-state index contributed by atoms with van der Waals surface area (Å²) >= 11 is 0. The van der Waals surface area contributed by atoms with Gasteiger partial charge in [0.1, 0.15) is 19.8 Å². The van der Waals surface area contributed by atoms with E-state index in [1.807, 2.05) is 91.0 Å². The summed E-state index contributed by atoms with van der Waals surface area (Å²) < 4.78 is 23.2. The molecule has 1 N–H and O–H groups in total. The minimum Gasteiger partial charge on any atom is -0.485 e.